The van der Waals surface area contributed by atoms with Crippen LogP contribution in [0.4, 0.5) is 0 Å². The first-order valence-corrected chi connectivity index (χ1v) is 11.7. The number of Topliss-reactive ketones (excluding diaryl/α,β-unsaturated/α-hetero) is 3. The van der Waals surface area contributed by atoms with Crippen LogP contribution in [-0.2, 0) is 14.4 Å². The largest absolute Gasteiger partial charge is 0.382 e. The van der Waals surface area contributed by atoms with Gasteiger partial charge in [-0.1, -0.05) is 34.6 Å². The van der Waals surface area contributed by atoms with Gasteiger partial charge in [0.15, 0.2) is 5.78 Å². The maximum absolute atomic E-state index is 12.8. The minimum absolute atomic E-state index is 0.0564. The molecule has 0 aromatic rings. The first-order valence-electron chi connectivity index (χ1n) is 11.7. The monoisotopic (exact) mass is 404 g/mol. The van der Waals surface area contributed by atoms with Crippen LogP contribution in [0.25, 0.3) is 0 Å². The van der Waals surface area contributed by atoms with Crippen LogP contribution in [0.5, 0.6) is 0 Å². The number of fused-ring (bicyclic) bond motifs is 1. The van der Waals surface area contributed by atoms with Gasteiger partial charge in [-0.3, -0.25) is 14.4 Å². The van der Waals surface area contributed by atoms with Crippen molar-refractivity contribution in [1.29, 1.82) is 0 Å². The number of carbonyl (C=O) groups is 3. The third-order valence-corrected chi connectivity index (χ3v) is 9.00. The Hall–Kier alpha value is -1.03. The van der Waals surface area contributed by atoms with Gasteiger partial charge in [0.1, 0.15) is 17.2 Å². The molecule has 3 aliphatic rings. The molecule has 1 N–H and O–H groups in total. The van der Waals surface area contributed by atoms with E-state index in [9.17, 15) is 19.5 Å². The standard InChI is InChI=1S/C25H40O4/c1-14(2)23-20-12-25(29,17(5)26)19(11-24(20,6)13-22(23)28)16(4)7-9-18-15(3)8-10-21(18)27/h14-16,18-20,23,29H,7-13H2,1-6H3/t15-,16-,18+,19+,20-,23+,24-,25-/m1/s1. The summed E-state index contributed by atoms with van der Waals surface area (Å²) in [5, 5.41) is 11.6. The fraction of sp³-hybridized carbons (Fsp3) is 0.880. The molecular weight excluding hydrogens is 364 g/mol. The van der Waals surface area contributed by atoms with E-state index >= 15 is 0 Å². The van der Waals surface area contributed by atoms with Crippen molar-refractivity contribution < 1.29 is 19.5 Å². The Labute approximate surface area is 176 Å². The van der Waals surface area contributed by atoms with Crippen LogP contribution in [-0.4, -0.2) is 28.1 Å². The molecule has 8 atom stereocenters. The SMILES string of the molecule is CC(=O)[C@]1(O)C[C@@H]2[C@H](C(C)C)C(=O)C[C@@]2(C)C[C@H]1[C@H](C)CC[C@@H]1C(=O)CC[C@H]1C. The zero-order chi connectivity index (χ0) is 21.7. The molecule has 0 amide bonds. The van der Waals surface area contributed by atoms with Crippen LogP contribution in [0.2, 0.25) is 0 Å². The number of rotatable bonds is 6. The Balaban J connectivity index is 1.81. The van der Waals surface area contributed by atoms with E-state index in [1.165, 1.54) is 6.92 Å². The van der Waals surface area contributed by atoms with Crippen molar-refractivity contribution in [1.82, 2.24) is 0 Å². The van der Waals surface area contributed by atoms with E-state index in [1.807, 2.05) is 0 Å². The lowest BCUT2D eigenvalue weighted by Crippen LogP contribution is -2.56. The smallest absolute Gasteiger partial charge is 0.161 e. The van der Waals surface area contributed by atoms with E-state index in [0.717, 1.165) is 25.7 Å². The second-order valence-electron chi connectivity index (χ2n) is 11.3. The molecular formula is C25H40O4. The second kappa shape index (κ2) is 7.90. The van der Waals surface area contributed by atoms with E-state index in [0.29, 0.717) is 36.7 Å². The van der Waals surface area contributed by atoms with Gasteiger partial charge in [0.05, 0.1) is 0 Å². The maximum Gasteiger partial charge on any atom is 0.161 e. The first kappa shape index (κ1) is 22.7. The van der Waals surface area contributed by atoms with Crippen molar-refractivity contribution in [3.05, 3.63) is 0 Å². The minimum Gasteiger partial charge on any atom is -0.382 e. The number of ketones is 3. The minimum atomic E-state index is -1.35. The summed E-state index contributed by atoms with van der Waals surface area (Å²) in [6, 6.07) is 0. The molecule has 0 bridgehead atoms. The highest BCUT2D eigenvalue weighted by Gasteiger charge is 2.61. The molecule has 29 heavy (non-hydrogen) atoms. The highest BCUT2D eigenvalue weighted by molar-refractivity contribution is 5.88. The molecule has 3 aliphatic carbocycles. The summed E-state index contributed by atoms with van der Waals surface area (Å²) in [5.74, 6) is 1.34. The van der Waals surface area contributed by atoms with Gasteiger partial charge in [-0.25, -0.2) is 0 Å². The molecule has 0 aliphatic heterocycles. The van der Waals surface area contributed by atoms with Gasteiger partial charge in [-0.2, -0.15) is 0 Å². The summed E-state index contributed by atoms with van der Waals surface area (Å²) in [7, 11) is 0. The van der Waals surface area contributed by atoms with Crippen LogP contribution >= 0.6 is 0 Å². The van der Waals surface area contributed by atoms with Crippen molar-refractivity contribution in [2.75, 3.05) is 0 Å². The predicted octanol–water partition coefficient (Wildman–Crippen LogP) is 4.62. The zero-order valence-electron chi connectivity index (χ0n) is 19.2. The molecule has 3 fully saturated rings. The van der Waals surface area contributed by atoms with Crippen LogP contribution < -0.4 is 0 Å². The Morgan fingerprint density at radius 1 is 1.17 bits per heavy atom. The molecule has 164 valence electrons. The lowest BCUT2D eigenvalue weighted by Gasteiger charge is -2.52. The van der Waals surface area contributed by atoms with E-state index in [1.54, 1.807) is 0 Å². The van der Waals surface area contributed by atoms with Crippen LogP contribution in [0, 0.1) is 46.8 Å². The lowest BCUT2D eigenvalue weighted by molar-refractivity contribution is -0.163. The summed E-state index contributed by atoms with van der Waals surface area (Å²) in [5.41, 5.74) is -1.49. The van der Waals surface area contributed by atoms with Crippen molar-refractivity contribution in [3.63, 3.8) is 0 Å². The molecule has 3 saturated carbocycles. The Morgan fingerprint density at radius 2 is 1.83 bits per heavy atom. The maximum atomic E-state index is 12.8. The van der Waals surface area contributed by atoms with E-state index in [-0.39, 0.29) is 46.7 Å². The van der Waals surface area contributed by atoms with Gasteiger partial charge < -0.3 is 5.11 Å². The van der Waals surface area contributed by atoms with Crippen LogP contribution in [0.1, 0.15) is 86.5 Å². The predicted molar refractivity (Wildman–Crippen MR) is 113 cm³/mol. The van der Waals surface area contributed by atoms with Gasteiger partial charge in [-0.15, -0.1) is 0 Å². The van der Waals surface area contributed by atoms with Crippen molar-refractivity contribution >= 4 is 17.3 Å². The fourth-order valence-electron chi connectivity index (χ4n) is 7.14. The molecule has 3 rings (SSSR count). The number of hydrogen-bond donors (Lipinski definition) is 1. The first-order chi connectivity index (χ1) is 13.4. The number of hydrogen-bond acceptors (Lipinski definition) is 4. The van der Waals surface area contributed by atoms with Crippen molar-refractivity contribution in [3.8, 4) is 0 Å². The van der Waals surface area contributed by atoms with Gasteiger partial charge in [0.2, 0.25) is 0 Å². The molecule has 0 spiro atoms. The van der Waals surface area contributed by atoms with Crippen LogP contribution in [0.15, 0.2) is 0 Å². The number of aliphatic hydroxyl groups is 1. The van der Waals surface area contributed by atoms with E-state index < -0.39 is 5.60 Å². The molecule has 0 aromatic heterocycles. The molecule has 0 unspecified atom stereocenters. The summed E-state index contributed by atoms with van der Waals surface area (Å²) in [4.78, 5) is 37.7. The highest BCUT2D eigenvalue weighted by Crippen LogP contribution is 2.60. The van der Waals surface area contributed by atoms with Crippen molar-refractivity contribution in [2.45, 2.75) is 92.1 Å². The van der Waals surface area contributed by atoms with Gasteiger partial charge >= 0.3 is 0 Å². The average molecular weight is 405 g/mol. The quantitative estimate of drug-likeness (QED) is 0.701. The molecule has 4 heteroatoms. The van der Waals surface area contributed by atoms with E-state index in [2.05, 4.69) is 34.6 Å². The Kier molecular flexibility index (Phi) is 6.17. The fourth-order valence-corrected chi connectivity index (χ4v) is 7.14. The van der Waals surface area contributed by atoms with E-state index in [4.69, 9.17) is 0 Å². The Bertz CT molecular complexity index is 682. The lowest BCUT2D eigenvalue weighted by atomic mass is 9.54. The van der Waals surface area contributed by atoms with Gasteiger partial charge in [0.25, 0.3) is 0 Å². The normalized spacial score (nSPS) is 43.7. The van der Waals surface area contributed by atoms with Gasteiger partial charge in [-0.05, 0) is 74.0 Å². The molecule has 4 nitrogen and oxygen atoms in total. The topological polar surface area (TPSA) is 71.4 Å². The zero-order valence-corrected chi connectivity index (χ0v) is 19.2. The Morgan fingerprint density at radius 3 is 2.34 bits per heavy atom. The summed E-state index contributed by atoms with van der Waals surface area (Å²) in [6.07, 6.45) is 5.06. The average Bonchev–Trinajstić information content (AvgIpc) is 3.06. The number of carbonyl (C=O) groups excluding carboxylic acids is 3. The summed E-state index contributed by atoms with van der Waals surface area (Å²) < 4.78 is 0. The van der Waals surface area contributed by atoms with Gasteiger partial charge in [0, 0.05) is 24.7 Å². The molecule has 0 aromatic carbocycles. The van der Waals surface area contributed by atoms with Crippen molar-refractivity contribution in [2.24, 2.45) is 46.8 Å². The summed E-state index contributed by atoms with van der Waals surface area (Å²) in [6.45, 7) is 12.1. The van der Waals surface area contributed by atoms with Crippen LogP contribution in [0.3, 0.4) is 0 Å². The summed E-state index contributed by atoms with van der Waals surface area (Å²) >= 11 is 0. The second-order valence-corrected chi connectivity index (χ2v) is 11.3. The highest BCUT2D eigenvalue weighted by atomic mass is 16.3. The molecule has 0 heterocycles. The molecule has 0 saturated heterocycles. The molecule has 0 radical (unpaired) electrons. The third-order valence-electron chi connectivity index (χ3n) is 9.00. The third kappa shape index (κ3) is 3.86.